The number of esters is 1. The molecule has 168 valence electrons. The van der Waals surface area contributed by atoms with E-state index < -0.39 is 22.0 Å². The van der Waals surface area contributed by atoms with Crippen LogP contribution in [0.25, 0.3) is 10.2 Å². The van der Waals surface area contributed by atoms with Crippen LogP contribution < -0.4 is 0 Å². The molecule has 0 saturated heterocycles. The van der Waals surface area contributed by atoms with E-state index in [9.17, 15) is 13.2 Å². The van der Waals surface area contributed by atoms with Crippen molar-refractivity contribution in [1.82, 2.24) is 9.29 Å². The number of thiazole rings is 1. The Morgan fingerprint density at radius 2 is 1.73 bits per heavy atom. The van der Waals surface area contributed by atoms with Gasteiger partial charge in [-0.1, -0.05) is 54.6 Å². The minimum absolute atomic E-state index is 0.0615. The van der Waals surface area contributed by atoms with Gasteiger partial charge in [-0.2, -0.15) is 4.31 Å². The molecule has 0 aliphatic carbocycles. The average Bonchev–Trinajstić information content (AvgIpc) is 3.26. The number of hydrogen-bond donors (Lipinski definition) is 0. The van der Waals surface area contributed by atoms with Crippen LogP contribution >= 0.6 is 11.3 Å². The second-order valence-corrected chi connectivity index (χ2v) is 10.8. The second-order valence-electron chi connectivity index (χ2n) is 7.83. The molecule has 33 heavy (non-hydrogen) atoms. The van der Waals surface area contributed by atoms with Gasteiger partial charge in [0, 0.05) is 6.54 Å². The van der Waals surface area contributed by atoms with Gasteiger partial charge in [0.15, 0.2) is 0 Å². The lowest BCUT2D eigenvalue weighted by molar-refractivity contribution is -0.146. The molecule has 4 aromatic rings. The smallest absolute Gasteiger partial charge is 0.308 e. The van der Waals surface area contributed by atoms with Crippen molar-refractivity contribution in [3.8, 4) is 0 Å². The van der Waals surface area contributed by atoms with Crippen LogP contribution in [0.15, 0.2) is 83.8 Å². The number of sulfonamides is 1. The molecule has 0 bridgehead atoms. The number of ether oxygens (including phenoxy) is 1. The number of rotatable bonds is 6. The molecule has 1 aromatic heterocycles. The fraction of sp³-hybridized carbons (Fsp3) is 0.200. The first-order chi connectivity index (χ1) is 16.0. The van der Waals surface area contributed by atoms with Gasteiger partial charge >= 0.3 is 5.97 Å². The maximum Gasteiger partial charge on any atom is 0.308 e. The third-order valence-corrected chi connectivity index (χ3v) is 8.70. The predicted octanol–water partition coefficient (Wildman–Crippen LogP) is 4.72. The highest BCUT2D eigenvalue weighted by Crippen LogP contribution is 2.36. The highest BCUT2D eigenvalue weighted by molar-refractivity contribution is 7.89. The molecule has 0 fully saturated rings. The van der Waals surface area contributed by atoms with Crippen LogP contribution in [0, 0.1) is 0 Å². The number of para-hydroxylation sites is 1. The van der Waals surface area contributed by atoms with E-state index in [2.05, 4.69) is 4.98 Å². The van der Waals surface area contributed by atoms with Crippen LogP contribution in [0.1, 0.15) is 28.6 Å². The van der Waals surface area contributed by atoms with Crippen LogP contribution in [-0.4, -0.2) is 30.2 Å². The lowest BCUT2D eigenvalue weighted by Gasteiger charge is -2.36. The van der Waals surface area contributed by atoms with Crippen LogP contribution in [0.3, 0.4) is 0 Å². The molecule has 1 aliphatic rings. The molecule has 0 amide bonds. The molecule has 5 rings (SSSR count). The van der Waals surface area contributed by atoms with Crippen LogP contribution in [0.5, 0.6) is 0 Å². The summed E-state index contributed by atoms with van der Waals surface area (Å²) in [5.41, 5.74) is 2.77. The third kappa shape index (κ3) is 4.42. The average molecular weight is 479 g/mol. The fourth-order valence-corrected chi connectivity index (χ4v) is 6.70. The van der Waals surface area contributed by atoms with Crippen molar-refractivity contribution in [1.29, 1.82) is 0 Å². The lowest BCUT2D eigenvalue weighted by atomic mass is 9.92. The van der Waals surface area contributed by atoms with Crippen molar-refractivity contribution >= 4 is 37.5 Å². The zero-order valence-electron chi connectivity index (χ0n) is 17.8. The van der Waals surface area contributed by atoms with E-state index in [-0.39, 0.29) is 17.9 Å². The Morgan fingerprint density at radius 3 is 2.55 bits per heavy atom. The number of fused-ring (bicyclic) bond motifs is 2. The first-order valence-electron chi connectivity index (χ1n) is 10.7. The molecule has 0 N–H and O–H groups in total. The van der Waals surface area contributed by atoms with Crippen molar-refractivity contribution < 1.29 is 17.9 Å². The molecule has 1 unspecified atom stereocenters. The zero-order chi connectivity index (χ0) is 22.8. The van der Waals surface area contributed by atoms with Gasteiger partial charge in [0.05, 0.1) is 27.6 Å². The molecule has 0 saturated carbocycles. The Kier molecular flexibility index (Phi) is 5.97. The van der Waals surface area contributed by atoms with Crippen LogP contribution in [-0.2, 0) is 32.6 Å². The summed E-state index contributed by atoms with van der Waals surface area (Å²) in [5.74, 6) is -0.454. The molecule has 2 heterocycles. The number of carbonyl (C=O) groups excluding carboxylic acids is 1. The summed E-state index contributed by atoms with van der Waals surface area (Å²) < 4.78 is 34.9. The standard InChI is InChI=1S/C25H22N2O4S2/c28-25(31-17-24-26-21-12-6-7-13-23(21)32-24)16-22-20-11-5-4-8-18(20)14-15-27(22)33(29,30)19-9-2-1-3-10-19/h1-13,22H,14-17H2. The van der Waals surface area contributed by atoms with Crippen LogP contribution in [0.2, 0.25) is 0 Å². The summed E-state index contributed by atoms with van der Waals surface area (Å²) in [6, 6.07) is 23.2. The molecular formula is C25H22N2O4S2. The molecule has 6 nitrogen and oxygen atoms in total. The summed E-state index contributed by atoms with van der Waals surface area (Å²) in [5, 5.41) is 0.711. The quantitative estimate of drug-likeness (QED) is 0.375. The highest BCUT2D eigenvalue weighted by Gasteiger charge is 2.37. The highest BCUT2D eigenvalue weighted by atomic mass is 32.2. The summed E-state index contributed by atoms with van der Waals surface area (Å²) in [6.45, 7) is 0.377. The molecule has 1 atom stereocenters. The molecule has 0 spiro atoms. The van der Waals surface area contributed by atoms with E-state index in [1.165, 1.54) is 15.6 Å². The Hall–Kier alpha value is -3.07. The summed E-state index contributed by atoms with van der Waals surface area (Å²) in [6.07, 6.45) is 0.535. The van der Waals surface area contributed by atoms with Gasteiger partial charge in [0.25, 0.3) is 0 Å². The van der Waals surface area contributed by atoms with Gasteiger partial charge in [0.1, 0.15) is 11.6 Å². The maximum absolute atomic E-state index is 13.4. The van der Waals surface area contributed by atoms with Gasteiger partial charge in [-0.05, 0) is 41.8 Å². The van der Waals surface area contributed by atoms with E-state index in [0.717, 1.165) is 21.3 Å². The van der Waals surface area contributed by atoms with E-state index in [0.29, 0.717) is 18.0 Å². The molecular weight excluding hydrogens is 456 g/mol. The van der Waals surface area contributed by atoms with E-state index >= 15 is 0 Å². The van der Waals surface area contributed by atoms with E-state index in [4.69, 9.17) is 4.74 Å². The van der Waals surface area contributed by atoms with Crippen LogP contribution in [0.4, 0.5) is 0 Å². The maximum atomic E-state index is 13.4. The zero-order valence-corrected chi connectivity index (χ0v) is 19.4. The van der Waals surface area contributed by atoms with Crippen molar-refractivity contribution in [3.63, 3.8) is 0 Å². The summed E-state index contributed by atoms with van der Waals surface area (Å²) >= 11 is 1.48. The number of aromatic nitrogens is 1. The Labute approximate surface area is 196 Å². The normalized spacial score (nSPS) is 16.4. The van der Waals surface area contributed by atoms with E-state index in [1.807, 2.05) is 48.5 Å². The molecule has 3 aromatic carbocycles. The number of carbonyl (C=O) groups is 1. The first kappa shape index (κ1) is 21.8. The number of nitrogens with zero attached hydrogens (tertiary/aromatic N) is 2. The summed E-state index contributed by atoms with van der Waals surface area (Å²) in [4.78, 5) is 17.6. The number of hydrogen-bond acceptors (Lipinski definition) is 6. The van der Waals surface area contributed by atoms with Gasteiger partial charge < -0.3 is 4.74 Å². The second kappa shape index (κ2) is 9.05. The largest absolute Gasteiger partial charge is 0.458 e. The van der Waals surface area contributed by atoms with Gasteiger partial charge in [-0.25, -0.2) is 13.4 Å². The SMILES string of the molecule is O=C(CC1c2ccccc2CCN1S(=O)(=O)c1ccccc1)OCc1nc2ccccc2s1. The Bertz CT molecular complexity index is 1370. The first-order valence-corrected chi connectivity index (χ1v) is 12.9. The monoisotopic (exact) mass is 478 g/mol. The van der Waals surface area contributed by atoms with E-state index in [1.54, 1.807) is 30.3 Å². The number of benzene rings is 3. The lowest BCUT2D eigenvalue weighted by Crippen LogP contribution is -2.41. The van der Waals surface area contributed by atoms with Crippen molar-refractivity contribution in [2.24, 2.45) is 0 Å². The molecule has 8 heteroatoms. The third-order valence-electron chi connectivity index (χ3n) is 5.77. The molecule has 1 aliphatic heterocycles. The Morgan fingerprint density at radius 1 is 1.00 bits per heavy atom. The predicted molar refractivity (Wildman–Crippen MR) is 127 cm³/mol. The van der Waals surface area contributed by atoms with Gasteiger partial charge in [-0.15, -0.1) is 11.3 Å². The summed E-state index contributed by atoms with van der Waals surface area (Å²) in [7, 11) is -3.77. The van der Waals surface area contributed by atoms with Gasteiger partial charge in [0.2, 0.25) is 10.0 Å². The molecule has 0 radical (unpaired) electrons. The van der Waals surface area contributed by atoms with Crippen molar-refractivity contribution in [2.75, 3.05) is 6.54 Å². The fourth-order valence-electron chi connectivity index (χ4n) is 4.20. The van der Waals surface area contributed by atoms with Gasteiger partial charge in [-0.3, -0.25) is 4.79 Å². The topological polar surface area (TPSA) is 76.6 Å². The van der Waals surface area contributed by atoms with Crippen molar-refractivity contribution in [3.05, 3.63) is 95.0 Å². The minimum atomic E-state index is -3.77. The minimum Gasteiger partial charge on any atom is -0.458 e. The van der Waals surface area contributed by atoms with Crippen molar-refractivity contribution in [2.45, 2.75) is 30.4 Å². The Balaban J connectivity index is 1.38.